The summed E-state index contributed by atoms with van der Waals surface area (Å²) in [5.74, 6) is 1.13. The number of aromatic nitrogens is 2. The van der Waals surface area contributed by atoms with Crippen molar-refractivity contribution in [1.29, 1.82) is 0 Å². The molecule has 0 aliphatic heterocycles. The van der Waals surface area contributed by atoms with Crippen LogP contribution < -0.4 is 5.32 Å². The molecule has 0 saturated heterocycles. The van der Waals surface area contributed by atoms with Crippen molar-refractivity contribution in [3.63, 3.8) is 0 Å². The third-order valence-corrected chi connectivity index (χ3v) is 3.47. The number of rotatable bonds is 6. The van der Waals surface area contributed by atoms with E-state index in [2.05, 4.69) is 35.2 Å². The van der Waals surface area contributed by atoms with Crippen molar-refractivity contribution in [2.24, 2.45) is 5.92 Å². The highest BCUT2D eigenvalue weighted by Gasteiger charge is 2.22. The van der Waals surface area contributed by atoms with Crippen molar-refractivity contribution in [3.8, 4) is 0 Å². The first-order valence-electron chi connectivity index (χ1n) is 6.99. The smallest absolute Gasteiger partial charge is 0.124 e. The van der Waals surface area contributed by atoms with Crippen LogP contribution >= 0.6 is 0 Å². The van der Waals surface area contributed by atoms with Gasteiger partial charge < -0.3 is 15.2 Å². The van der Waals surface area contributed by atoms with Gasteiger partial charge in [-0.05, 0) is 30.5 Å². The quantitative estimate of drug-likeness (QED) is 0.645. The van der Waals surface area contributed by atoms with Gasteiger partial charge >= 0.3 is 0 Å². The molecule has 1 aromatic carbocycles. The highest BCUT2D eigenvalue weighted by molar-refractivity contribution is 5.75. The van der Waals surface area contributed by atoms with Gasteiger partial charge in [0.2, 0.25) is 0 Å². The summed E-state index contributed by atoms with van der Waals surface area (Å²) in [7, 11) is 0. The van der Waals surface area contributed by atoms with Gasteiger partial charge in [-0.25, -0.2) is 4.98 Å². The molecule has 2 aromatic rings. The SMILES string of the molecule is Cc1ccc2nc([C@@H](NC(CO)CO)C(C)C)[nH]c2c1. The fourth-order valence-electron chi connectivity index (χ4n) is 2.29. The Morgan fingerprint density at radius 3 is 2.55 bits per heavy atom. The number of aliphatic hydroxyl groups excluding tert-OH is 2. The molecule has 0 radical (unpaired) electrons. The minimum absolute atomic E-state index is 0.0352. The maximum atomic E-state index is 9.23. The third-order valence-electron chi connectivity index (χ3n) is 3.47. The first-order valence-corrected chi connectivity index (χ1v) is 6.99. The maximum absolute atomic E-state index is 9.23. The molecule has 110 valence electrons. The maximum Gasteiger partial charge on any atom is 0.124 e. The van der Waals surface area contributed by atoms with Gasteiger partial charge in [0.25, 0.3) is 0 Å². The van der Waals surface area contributed by atoms with E-state index in [1.54, 1.807) is 0 Å². The Morgan fingerprint density at radius 1 is 1.25 bits per heavy atom. The average Bonchev–Trinajstić information content (AvgIpc) is 2.82. The monoisotopic (exact) mass is 277 g/mol. The van der Waals surface area contributed by atoms with Gasteiger partial charge in [-0.3, -0.25) is 5.32 Å². The Kier molecular flexibility index (Phi) is 4.75. The third kappa shape index (κ3) is 3.17. The van der Waals surface area contributed by atoms with E-state index in [0.29, 0.717) is 0 Å². The minimum atomic E-state index is -0.336. The Morgan fingerprint density at radius 2 is 1.95 bits per heavy atom. The molecule has 1 heterocycles. The standard InChI is InChI=1S/C15H23N3O2/c1-9(2)14(16-11(7-19)8-20)15-17-12-5-4-10(3)6-13(12)18-15/h4-6,9,11,14,16,19-20H,7-8H2,1-3H3,(H,17,18)/t14-/m0/s1. The van der Waals surface area contributed by atoms with Crippen molar-refractivity contribution in [1.82, 2.24) is 15.3 Å². The zero-order valence-electron chi connectivity index (χ0n) is 12.2. The highest BCUT2D eigenvalue weighted by atomic mass is 16.3. The number of hydrogen-bond acceptors (Lipinski definition) is 4. The molecule has 0 aliphatic rings. The van der Waals surface area contributed by atoms with Crippen LogP contribution in [0, 0.1) is 12.8 Å². The van der Waals surface area contributed by atoms with E-state index >= 15 is 0 Å². The first kappa shape index (κ1) is 15.0. The summed E-state index contributed by atoms with van der Waals surface area (Å²) >= 11 is 0. The van der Waals surface area contributed by atoms with Crippen LogP contribution in [-0.4, -0.2) is 39.4 Å². The zero-order chi connectivity index (χ0) is 14.7. The number of aromatic amines is 1. The molecule has 20 heavy (non-hydrogen) atoms. The van der Waals surface area contributed by atoms with Crippen LogP contribution in [0.1, 0.15) is 31.3 Å². The molecule has 0 spiro atoms. The van der Waals surface area contributed by atoms with Gasteiger partial charge in [-0.1, -0.05) is 19.9 Å². The van der Waals surface area contributed by atoms with Crippen molar-refractivity contribution in [2.45, 2.75) is 32.9 Å². The normalized spacial score (nSPS) is 13.6. The second-order valence-electron chi connectivity index (χ2n) is 5.59. The summed E-state index contributed by atoms with van der Waals surface area (Å²) in [6, 6.07) is 5.73. The first-order chi connectivity index (χ1) is 9.55. The zero-order valence-corrected chi connectivity index (χ0v) is 12.2. The lowest BCUT2D eigenvalue weighted by molar-refractivity contribution is 0.153. The number of aryl methyl sites for hydroxylation is 1. The summed E-state index contributed by atoms with van der Waals surface area (Å²) < 4.78 is 0. The van der Waals surface area contributed by atoms with Gasteiger partial charge in [-0.2, -0.15) is 0 Å². The molecule has 0 amide bonds. The van der Waals surface area contributed by atoms with Crippen molar-refractivity contribution in [2.75, 3.05) is 13.2 Å². The molecule has 4 N–H and O–H groups in total. The molecule has 1 atom stereocenters. The molecule has 0 bridgehead atoms. The van der Waals surface area contributed by atoms with Crippen LogP contribution in [0.2, 0.25) is 0 Å². The van der Waals surface area contributed by atoms with Crippen LogP contribution in [0.5, 0.6) is 0 Å². The molecule has 5 nitrogen and oxygen atoms in total. The lowest BCUT2D eigenvalue weighted by Crippen LogP contribution is -2.40. The average molecular weight is 277 g/mol. The molecule has 2 rings (SSSR count). The minimum Gasteiger partial charge on any atom is -0.395 e. The van der Waals surface area contributed by atoms with Gasteiger partial charge in [0, 0.05) is 0 Å². The summed E-state index contributed by atoms with van der Waals surface area (Å²) in [6.45, 7) is 6.02. The fraction of sp³-hybridized carbons (Fsp3) is 0.533. The Bertz CT molecular complexity index is 561. The van der Waals surface area contributed by atoms with Crippen LogP contribution in [0.15, 0.2) is 18.2 Å². The van der Waals surface area contributed by atoms with Gasteiger partial charge in [0.1, 0.15) is 5.82 Å². The molecular formula is C15H23N3O2. The van der Waals surface area contributed by atoms with Crippen molar-refractivity contribution < 1.29 is 10.2 Å². The van der Waals surface area contributed by atoms with Crippen molar-refractivity contribution in [3.05, 3.63) is 29.6 Å². The lowest BCUT2D eigenvalue weighted by atomic mass is 10.0. The topological polar surface area (TPSA) is 81.2 Å². The number of nitrogens with one attached hydrogen (secondary N) is 2. The van der Waals surface area contributed by atoms with E-state index in [4.69, 9.17) is 0 Å². The van der Waals surface area contributed by atoms with E-state index in [1.807, 2.05) is 19.1 Å². The Hall–Kier alpha value is -1.43. The number of H-pyrrole nitrogens is 1. The Balaban J connectivity index is 2.31. The number of benzene rings is 1. The lowest BCUT2D eigenvalue weighted by Gasteiger charge is -2.24. The fourth-order valence-corrected chi connectivity index (χ4v) is 2.29. The summed E-state index contributed by atoms with van der Waals surface area (Å²) in [4.78, 5) is 7.95. The van der Waals surface area contributed by atoms with Crippen LogP contribution in [0.3, 0.4) is 0 Å². The predicted molar refractivity (Wildman–Crippen MR) is 79.5 cm³/mol. The van der Waals surface area contributed by atoms with Crippen LogP contribution in [0.25, 0.3) is 11.0 Å². The van der Waals surface area contributed by atoms with Crippen LogP contribution in [-0.2, 0) is 0 Å². The van der Waals surface area contributed by atoms with E-state index < -0.39 is 0 Å². The van der Waals surface area contributed by atoms with Gasteiger partial charge in [-0.15, -0.1) is 0 Å². The number of aliphatic hydroxyl groups is 2. The second kappa shape index (κ2) is 6.35. The van der Waals surface area contributed by atoms with Gasteiger partial charge in [0.15, 0.2) is 0 Å². The summed E-state index contributed by atoms with van der Waals surface area (Å²) in [6.07, 6.45) is 0. The van der Waals surface area contributed by atoms with Crippen LogP contribution in [0.4, 0.5) is 0 Å². The Labute approximate surface area is 119 Å². The van der Waals surface area contributed by atoms with E-state index in [1.165, 1.54) is 5.56 Å². The number of imidazole rings is 1. The molecule has 0 saturated carbocycles. The second-order valence-corrected chi connectivity index (χ2v) is 5.59. The number of fused-ring (bicyclic) bond motifs is 1. The van der Waals surface area contributed by atoms with E-state index in [-0.39, 0.29) is 31.2 Å². The molecule has 5 heteroatoms. The largest absolute Gasteiger partial charge is 0.395 e. The number of hydrogen-bond donors (Lipinski definition) is 4. The van der Waals surface area contributed by atoms with Crippen molar-refractivity contribution >= 4 is 11.0 Å². The van der Waals surface area contributed by atoms with E-state index in [9.17, 15) is 10.2 Å². The molecule has 0 aliphatic carbocycles. The molecular weight excluding hydrogens is 254 g/mol. The molecule has 1 aromatic heterocycles. The van der Waals surface area contributed by atoms with Gasteiger partial charge in [0.05, 0.1) is 36.3 Å². The van der Waals surface area contributed by atoms with E-state index in [0.717, 1.165) is 16.9 Å². The summed E-state index contributed by atoms with van der Waals surface area (Å²) in [5, 5.41) is 21.7. The predicted octanol–water partition coefficient (Wildman–Crippen LogP) is 1.51. The molecule has 0 fully saturated rings. The molecule has 0 unspecified atom stereocenters. The highest BCUT2D eigenvalue weighted by Crippen LogP contribution is 2.23. The summed E-state index contributed by atoms with van der Waals surface area (Å²) in [5.41, 5.74) is 3.13. The number of nitrogens with zero attached hydrogens (tertiary/aromatic N) is 1.